The van der Waals surface area contributed by atoms with Gasteiger partial charge in [0.25, 0.3) is 0 Å². The summed E-state index contributed by atoms with van der Waals surface area (Å²) in [5.74, 6) is 0. The Labute approximate surface area is 71.3 Å². The highest BCUT2D eigenvalue weighted by molar-refractivity contribution is 5.50. The van der Waals surface area contributed by atoms with Crippen molar-refractivity contribution in [2.24, 2.45) is 0 Å². The minimum atomic E-state index is 1.09. The Kier molecular flexibility index (Phi) is 1.01. The van der Waals surface area contributed by atoms with Crippen LogP contribution in [0.2, 0.25) is 0 Å². The van der Waals surface area contributed by atoms with Gasteiger partial charge in [-0.1, -0.05) is 18.2 Å². The average Bonchev–Trinajstić information content (AvgIpc) is 2.62. The predicted molar refractivity (Wildman–Crippen MR) is 48.6 cm³/mol. The van der Waals surface area contributed by atoms with Gasteiger partial charge in [-0.3, -0.25) is 0 Å². The van der Waals surface area contributed by atoms with Crippen molar-refractivity contribution in [1.29, 1.82) is 0 Å². The molecule has 0 N–H and O–H groups in total. The molecule has 58 valence electrons. The number of hydrogen-bond donors (Lipinski definition) is 0. The van der Waals surface area contributed by atoms with E-state index in [0.717, 1.165) is 6.42 Å². The second kappa shape index (κ2) is 2.01. The van der Waals surface area contributed by atoms with Crippen molar-refractivity contribution in [2.45, 2.75) is 6.42 Å². The molecule has 1 aliphatic heterocycles. The van der Waals surface area contributed by atoms with Crippen molar-refractivity contribution in [3.05, 3.63) is 53.9 Å². The lowest BCUT2D eigenvalue weighted by atomic mass is 10.1. The molecule has 0 aliphatic carbocycles. The summed E-state index contributed by atoms with van der Waals surface area (Å²) in [5.41, 5.74) is 4.18. The maximum atomic E-state index is 2.26. The van der Waals surface area contributed by atoms with Crippen molar-refractivity contribution >= 4 is 0 Å². The molecule has 1 nitrogen and oxygen atoms in total. The summed E-state index contributed by atoms with van der Waals surface area (Å²) < 4.78 is 2.26. The Hall–Kier alpha value is -1.50. The molecular weight excluding hydrogens is 146 g/mol. The van der Waals surface area contributed by atoms with Gasteiger partial charge in [0.1, 0.15) is 0 Å². The summed E-state index contributed by atoms with van der Waals surface area (Å²) in [5, 5.41) is 0. The van der Waals surface area contributed by atoms with Crippen LogP contribution in [0.15, 0.2) is 42.6 Å². The van der Waals surface area contributed by atoms with E-state index >= 15 is 0 Å². The lowest BCUT2D eigenvalue weighted by molar-refractivity contribution is 1.05. The zero-order valence-electron chi connectivity index (χ0n) is 6.70. The average molecular weight is 155 g/mol. The standard InChI is InChI=1S/C11H9N/c1-2-6-11-9(4-1)8-10-5-3-7-12(10)11/h1-7H,8H2. The van der Waals surface area contributed by atoms with E-state index in [0.29, 0.717) is 0 Å². The molecule has 1 aromatic carbocycles. The van der Waals surface area contributed by atoms with E-state index in [4.69, 9.17) is 0 Å². The third kappa shape index (κ3) is 0.632. The fourth-order valence-electron chi connectivity index (χ4n) is 1.89. The molecule has 0 bridgehead atoms. The van der Waals surface area contributed by atoms with E-state index in [2.05, 4.69) is 47.2 Å². The van der Waals surface area contributed by atoms with Crippen LogP contribution in [0.3, 0.4) is 0 Å². The van der Waals surface area contributed by atoms with Gasteiger partial charge in [0.05, 0.1) is 0 Å². The van der Waals surface area contributed by atoms with Crippen molar-refractivity contribution in [2.75, 3.05) is 0 Å². The van der Waals surface area contributed by atoms with Crippen LogP contribution in [0.25, 0.3) is 5.69 Å². The van der Waals surface area contributed by atoms with Gasteiger partial charge in [0, 0.05) is 24.0 Å². The first-order chi connectivity index (χ1) is 5.95. The van der Waals surface area contributed by atoms with Crippen molar-refractivity contribution in [3.63, 3.8) is 0 Å². The van der Waals surface area contributed by atoms with Crippen molar-refractivity contribution in [3.8, 4) is 5.69 Å². The van der Waals surface area contributed by atoms with Gasteiger partial charge in [0.2, 0.25) is 0 Å². The second-order valence-electron chi connectivity index (χ2n) is 3.18. The Morgan fingerprint density at radius 3 is 2.92 bits per heavy atom. The van der Waals surface area contributed by atoms with Crippen LogP contribution in [0, 0.1) is 0 Å². The van der Waals surface area contributed by atoms with Crippen molar-refractivity contribution < 1.29 is 0 Å². The third-order valence-corrected chi connectivity index (χ3v) is 2.46. The van der Waals surface area contributed by atoms with E-state index < -0.39 is 0 Å². The first kappa shape index (κ1) is 6.06. The topological polar surface area (TPSA) is 4.93 Å². The van der Waals surface area contributed by atoms with Gasteiger partial charge in [-0.15, -0.1) is 0 Å². The van der Waals surface area contributed by atoms with Gasteiger partial charge in [-0.25, -0.2) is 0 Å². The molecule has 0 spiro atoms. The Balaban J connectivity index is 2.34. The smallest absolute Gasteiger partial charge is 0.0488 e. The highest BCUT2D eigenvalue weighted by Crippen LogP contribution is 2.26. The minimum absolute atomic E-state index is 1.09. The maximum Gasteiger partial charge on any atom is 0.0488 e. The molecule has 3 rings (SSSR count). The lowest BCUT2D eigenvalue weighted by Gasteiger charge is -1.99. The highest BCUT2D eigenvalue weighted by atomic mass is 15.0. The lowest BCUT2D eigenvalue weighted by Crippen LogP contribution is -1.87. The molecular formula is C11H9N. The SMILES string of the molecule is c1ccc2c(c1)Cc1cccn1-2. The van der Waals surface area contributed by atoms with Gasteiger partial charge in [-0.2, -0.15) is 0 Å². The molecule has 1 aliphatic rings. The van der Waals surface area contributed by atoms with Gasteiger partial charge >= 0.3 is 0 Å². The van der Waals surface area contributed by atoms with E-state index in [1.807, 2.05) is 0 Å². The molecule has 2 aromatic rings. The number of rotatable bonds is 0. The fourth-order valence-corrected chi connectivity index (χ4v) is 1.89. The molecule has 0 radical (unpaired) electrons. The van der Waals surface area contributed by atoms with Gasteiger partial charge < -0.3 is 4.57 Å². The Morgan fingerprint density at radius 2 is 1.92 bits per heavy atom. The van der Waals surface area contributed by atoms with E-state index in [9.17, 15) is 0 Å². The number of nitrogens with zero attached hydrogens (tertiary/aromatic N) is 1. The Bertz CT molecular complexity index is 426. The zero-order valence-corrected chi connectivity index (χ0v) is 6.70. The summed E-state index contributed by atoms with van der Waals surface area (Å²) >= 11 is 0. The summed E-state index contributed by atoms with van der Waals surface area (Å²) in [6.45, 7) is 0. The molecule has 0 unspecified atom stereocenters. The van der Waals surface area contributed by atoms with Crippen LogP contribution < -0.4 is 0 Å². The largest absolute Gasteiger partial charge is 0.320 e. The van der Waals surface area contributed by atoms with E-state index in [1.54, 1.807) is 0 Å². The number of para-hydroxylation sites is 1. The van der Waals surface area contributed by atoms with Crippen molar-refractivity contribution in [1.82, 2.24) is 4.57 Å². The van der Waals surface area contributed by atoms with Crippen LogP contribution >= 0.6 is 0 Å². The van der Waals surface area contributed by atoms with E-state index in [-0.39, 0.29) is 0 Å². The van der Waals surface area contributed by atoms with Crippen LogP contribution in [-0.4, -0.2) is 4.57 Å². The van der Waals surface area contributed by atoms with Crippen LogP contribution in [0.1, 0.15) is 11.3 Å². The summed E-state index contributed by atoms with van der Waals surface area (Å²) in [6, 6.07) is 12.8. The minimum Gasteiger partial charge on any atom is -0.320 e. The summed E-state index contributed by atoms with van der Waals surface area (Å²) in [7, 11) is 0. The summed E-state index contributed by atoms with van der Waals surface area (Å²) in [6.07, 6.45) is 3.21. The first-order valence-electron chi connectivity index (χ1n) is 4.20. The fraction of sp³-hybridized carbons (Fsp3) is 0.0909. The monoisotopic (exact) mass is 155 g/mol. The normalized spacial score (nSPS) is 12.7. The molecule has 12 heavy (non-hydrogen) atoms. The van der Waals surface area contributed by atoms with Crippen LogP contribution in [0.4, 0.5) is 0 Å². The highest BCUT2D eigenvalue weighted by Gasteiger charge is 2.15. The molecule has 2 heterocycles. The van der Waals surface area contributed by atoms with Gasteiger partial charge in [-0.05, 0) is 23.8 Å². The molecule has 1 aromatic heterocycles. The molecule has 1 heteroatoms. The molecule has 0 atom stereocenters. The molecule has 0 fully saturated rings. The predicted octanol–water partition coefficient (Wildman–Crippen LogP) is 2.38. The first-order valence-corrected chi connectivity index (χ1v) is 4.20. The quantitative estimate of drug-likeness (QED) is 0.469. The second-order valence-corrected chi connectivity index (χ2v) is 3.18. The summed E-state index contributed by atoms with van der Waals surface area (Å²) in [4.78, 5) is 0. The van der Waals surface area contributed by atoms with Crippen LogP contribution in [-0.2, 0) is 6.42 Å². The van der Waals surface area contributed by atoms with E-state index in [1.165, 1.54) is 16.9 Å². The third-order valence-electron chi connectivity index (χ3n) is 2.46. The Morgan fingerprint density at radius 1 is 1.00 bits per heavy atom. The number of aromatic nitrogens is 1. The number of hydrogen-bond acceptors (Lipinski definition) is 0. The molecule has 0 amide bonds. The molecule has 0 saturated carbocycles. The number of benzene rings is 1. The zero-order chi connectivity index (χ0) is 7.97. The maximum absolute atomic E-state index is 2.26. The molecule has 0 saturated heterocycles. The van der Waals surface area contributed by atoms with Gasteiger partial charge in [0.15, 0.2) is 0 Å². The van der Waals surface area contributed by atoms with Crippen LogP contribution in [0.5, 0.6) is 0 Å². The number of fused-ring (bicyclic) bond motifs is 3.